The van der Waals surface area contributed by atoms with E-state index in [2.05, 4.69) is 26.2 Å². The molecular weight excluding hydrogens is 284 g/mol. The Morgan fingerprint density at radius 2 is 2.27 bits per heavy atom. The minimum Gasteiger partial charge on any atom is -0.467 e. The fourth-order valence-electron chi connectivity index (χ4n) is 1.91. The number of nitrogens with one attached hydrogen (secondary N) is 2. The first-order chi connectivity index (χ1) is 10.7. The molecule has 0 saturated carbocycles. The minimum absolute atomic E-state index is 0.312. The zero-order valence-corrected chi connectivity index (χ0v) is 11.9. The third kappa shape index (κ3) is 3.11. The van der Waals surface area contributed by atoms with Crippen LogP contribution in [0.1, 0.15) is 11.3 Å². The number of aryl methyl sites for hydroxylation is 1. The number of aromatic nitrogens is 4. The zero-order valence-electron chi connectivity index (χ0n) is 11.9. The monoisotopic (exact) mass is 298 g/mol. The van der Waals surface area contributed by atoms with Gasteiger partial charge >= 0.3 is 6.03 Å². The van der Waals surface area contributed by atoms with Crippen molar-refractivity contribution >= 4 is 11.7 Å². The van der Waals surface area contributed by atoms with Crippen LogP contribution < -0.4 is 10.6 Å². The highest BCUT2D eigenvalue weighted by Gasteiger charge is 2.07. The Hall–Kier alpha value is -3.16. The molecule has 2 heterocycles. The fraction of sp³-hybridized carbons (Fsp3) is 0.143. The summed E-state index contributed by atoms with van der Waals surface area (Å²) in [6.07, 6.45) is 3.06. The largest absolute Gasteiger partial charge is 0.467 e. The van der Waals surface area contributed by atoms with Gasteiger partial charge in [-0.3, -0.25) is 0 Å². The lowest BCUT2D eigenvalue weighted by atomic mass is 10.2. The Bertz CT molecular complexity index is 752. The van der Waals surface area contributed by atoms with Crippen LogP contribution in [-0.4, -0.2) is 26.2 Å². The molecule has 0 unspecified atom stereocenters. The van der Waals surface area contributed by atoms with Gasteiger partial charge in [-0.1, -0.05) is 6.07 Å². The summed E-state index contributed by atoms with van der Waals surface area (Å²) in [5, 5.41) is 16.5. The topological polar surface area (TPSA) is 97.9 Å². The summed E-state index contributed by atoms with van der Waals surface area (Å²) in [7, 11) is 0. The maximum absolute atomic E-state index is 11.9. The van der Waals surface area contributed by atoms with Crippen LogP contribution in [-0.2, 0) is 6.54 Å². The molecule has 112 valence electrons. The second-order valence-electron chi connectivity index (χ2n) is 4.64. The number of rotatable bonds is 4. The Kier molecular flexibility index (Phi) is 3.82. The molecule has 0 atom stereocenters. The third-order valence-electron chi connectivity index (χ3n) is 3.09. The molecule has 1 aromatic carbocycles. The second kappa shape index (κ2) is 6.08. The molecule has 0 aliphatic carbocycles. The summed E-state index contributed by atoms with van der Waals surface area (Å²) < 4.78 is 6.68. The van der Waals surface area contributed by atoms with Crippen molar-refractivity contribution in [3.05, 3.63) is 54.2 Å². The van der Waals surface area contributed by atoms with Gasteiger partial charge in [-0.2, -0.15) is 0 Å². The summed E-state index contributed by atoms with van der Waals surface area (Å²) >= 11 is 0. The van der Waals surface area contributed by atoms with Crippen LogP contribution in [0.5, 0.6) is 0 Å². The molecule has 0 bridgehead atoms. The van der Waals surface area contributed by atoms with Gasteiger partial charge in [-0.05, 0) is 47.2 Å². The Balaban J connectivity index is 1.68. The molecule has 2 aromatic heterocycles. The molecule has 0 radical (unpaired) electrons. The average molecular weight is 298 g/mol. The van der Waals surface area contributed by atoms with E-state index in [1.54, 1.807) is 24.5 Å². The number of carbonyl (C=O) groups is 1. The Morgan fingerprint density at radius 1 is 1.36 bits per heavy atom. The van der Waals surface area contributed by atoms with Crippen molar-refractivity contribution in [2.45, 2.75) is 13.5 Å². The van der Waals surface area contributed by atoms with Gasteiger partial charge in [0.1, 0.15) is 12.1 Å². The predicted molar refractivity (Wildman–Crippen MR) is 78.5 cm³/mol. The SMILES string of the molecule is Cc1ccc(-n2cnnn2)cc1NC(=O)NCc1ccco1. The molecule has 8 nitrogen and oxygen atoms in total. The number of tetrazole rings is 1. The summed E-state index contributed by atoms with van der Waals surface area (Å²) in [4.78, 5) is 11.9. The van der Waals surface area contributed by atoms with Gasteiger partial charge in [-0.15, -0.1) is 5.10 Å². The molecule has 22 heavy (non-hydrogen) atoms. The molecule has 0 fully saturated rings. The highest BCUT2D eigenvalue weighted by molar-refractivity contribution is 5.90. The van der Waals surface area contributed by atoms with E-state index < -0.39 is 0 Å². The summed E-state index contributed by atoms with van der Waals surface area (Å²) in [5.41, 5.74) is 2.38. The first-order valence-electron chi connectivity index (χ1n) is 6.63. The van der Waals surface area contributed by atoms with Gasteiger partial charge in [0.15, 0.2) is 0 Å². The van der Waals surface area contributed by atoms with Gasteiger partial charge in [-0.25, -0.2) is 9.48 Å². The molecule has 3 rings (SSSR count). The van der Waals surface area contributed by atoms with Crippen LogP contribution in [0.2, 0.25) is 0 Å². The van der Waals surface area contributed by atoms with E-state index in [0.29, 0.717) is 18.0 Å². The number of benzene rings is 1. The molecule has 0 aliphatic rings. The zero-order chi connectivity index (χ0) is 15.4. The maximum atomic E-state index is 11.9. The van der Waals surface area contributed by atoms with Crippen molar-refractivity contribution < 1.29 is 9.21 Å². The number of urea groups is 1. The molecule has 0 aliphatic heterocycles. The first kappa shape index (κ1) is 13.8. The number of anilines is 1. The van der Waals surface area contributed by atoms with Crippen molar-refractivity contribution in [1.82, 2.24) is 25.5 Å². The van der Waals surface area contributed by atoms with Crippen LogP contribution in [0.3, 0.4) is 0 Å². The molecule has 2 amide bonds. The van der Waals surface area contributed by atoms with Crippen molar-refractivity contribution in [3.8, 4) is 5.69 Å². The van der Waals surface area contributed by atoms with E-state index in [1.807, 2.05) is 19.1 Å². The van der Waals surface area contributed by atoms with Crippen LogP contribution in [0.15, 0.2) is 47.3 Å². The van der Waals surface area contributed by atoms with Crippen LogP contribution in [0.25, 0.3) is 5.69 Å². The second-order valence-corrected chi connectivity index (χ2v) is 4.64. The number of hydrogen-bond donors (Lipinski definition) is 2. The number of amides is 2. The van der Waals surface area contributed by atoms with Crippen molar-refractivity contribution in [2.24, 2.45) is 0 Å². The molecule has 0 saturated heterocycles. The van der Waals surface area contributed by atoms with E-state index in [4.69, 9.17) is 4.42 Å². The lowest BCUT2D eigenvalue weighted by Crippen LogP contribution is -2.28. The van der Waals surface area contributed by atoms with Crippen LogP contribution >= 0.6 is 0 Å². The number of hydrogen-bond acceptors (Lipinski definition) is 5. The third-order valence-corrected chi connectivity index (χ3v) is 3.09. The smallest absolute Gasteiger partial charge is 0.319 e. The molecular formula is C14H14N6O2. The van der Waals surface area contributed by atoms with Gasteiger partial charge in [0.05, 0.1) is 18.5 Å². The van der Waals surface area contributed by atoms with Crippen molar-refractivity contribution in [2.75, 3.05) is 5.32 Å². The lowest BCUT2D eigenvalue weighted by molar-refractivity contribution is 0.251. The van der Waals surface area contributed by atoms with Crippen molar-refractivity contribution in [3.63, 3.8) is 0 Å². The quantitative estimate of drug-likeness (QED) is 0.766. The summed E-state index contributed by atoms with van der Waals surface area (Å²) in [6.45, 7) is 2.23. The van der Waals surface area contributed by atoms with Crippen LogP contribution in [0.4, 0.5) is 10.5 Å². The summed E-state index contributed by atoms with van der Waals surface area (Å²) in [6, 6.07) is 8.82. The standard InChI is InChI=1S/C14H14N6O2/c1-10-4-5-11(20-9-16-18-19-20)7-13(10)17-14(21)15-8-12-3-2-6-22-12/h2-7,9H,8H2,1H3,(H2,15,17,21). The van der Waals surface area contributed by atoms with Gasteiger partial charge in [0.25, 0.3) is 0 Å². The number of carbonyl (C=O) groups excluding carboxylic acids is 1. The summed E-state index contributed by atoms with van der Waals surface area (Å²) in [5.74, 6) is 0.689. The molecule has 3 aromatic rings. The molecule has 2 N–H and O–H groups in total. The molecule has 0 spiro atoms. The fourth-order valence-corrected chi connectivity index (χ4v) is 1.91. The lowest BCUT2D eigenvalue weighted by Gasteiger charge is -2.11. The number of furan rings is 1. The van der Waals surface area contributed by atoms with E-state index in [1.165, 1.54) is 11.0 Å². The van der Waals surface area contributed by atoms with E-state index in [9.17, 15) is 4.79 Å². The predicted octanol–water partition coefficient (Wildman–Crippen LogP) is 1.89. The highest BCUT2D eigenvalue weighted by Crippen LogP contribution is 2.18. The van der Waals surface area contributed by atoms with E-state index in [-0.39, 0.29) is 6.03 Å². The van der Waals surface area contributed by atoms with Gasteiger partial charge in [0.2, 0.25) is 0 Å². The van der Waals surface area contributed by atoms with Crippen molar-refractivity contribution in [1.29, 1.82) is 0 Å². The first-order valence-corrected chi connectivity index (χ1v) is 6.63. The number of nitrogens with zero attached hydrogens (tertiary/aromatic N) is 4. The normalized spacial score (nSPS) is 10.4. The van der Waals surface area contributed by atoms with Gasteiger partial charge in [0, 0.05) is 5.69 Å². The highest BCUT2D eigenvalue weighted by atomic mass is 16.3. The van der Waals surface area contributed by atoms with Crippen LogP contribution in [0, 0.1) is 6.92 Å². The molecule has 8 heteroatoms. The average Bonchev–Trinajstić information content (AvgIpc) is 3.21. The van der Waals surface area contributed by atoms with Gasteiger partial charge < -0.3 is 15.1 Å². The maximum Gasteiger partial charge on any atom is 0.319 e. The Labute approximate surface area is 126 Å². The Morgan fingerprint density at radius 3 is 3.00 bits per heavy atom. The minimum atomic E-state index is -0.312. The van der Waals surface area contributed by atoms with E-state index in [0.717, 1.165) is 11.3 Å². The van der Waals surface area contributed by atoms with E-state index >= 15 is 0 Å².